The van der Waals surface area contributed by atoms with Crippen molar-refractivity contribution < 1.29 is 9.90 Å². The number of hydrogen-bond donors (Lipinski definition) is 3. The predicted molar refractivity (Wildman–Crippen MR) is 127 cm³/mol. The lowest BCUT2D eigenvalue weighted by atomic mass is 10.0. The molecule has 0 aliphatic carbocycles. The van der Waals surface area contributed by atoms with Gasteiger partial charge in [0.05, 0.1) is 18.7 Å². The van der Waals surface area contributed by atoms with E-state index in [1.807, 2.05) is 25.1 Å². The molecule has 172 valence electrons. The number of nitrogens with zero attached hydrogens (tertiary/aromatic N) is 5. The molecule has 1 atom stereocenters. The van der Waals surface area contributed by atoms with Crippen molar-refractivity contribution in [3.8, 4) is 6.07 Å². The predicted octanol–water partition coefficient (Wildman–Crippen LogP) is 2.21. The molecule has 3 rings (SSSR count). The molecule has 1 aliphatic heterocycles. The van der Waals surface area contributed by atoms with E-state index in [1.165, 1.54) is 0 Å². The van der Waals surface area contributed by atoms with Crippen LogP contribution in [-0.2, 0) is 11.2 Å². The summed E-state index contributed by atoms with van der Waals surface area (Å²) in [4.78, 5) is 25.0. The number of pyridine rings is 1. The monoisotopic (exact) mass is 447 g/mol. The van der Waals surface area contributed by atoms with Gasteiger partial charge in [-0.05, 0) is 30.5 Å². The molecule has 0 radical (unpaired) electrons. The normalized spacial score (nSPS) is 15.2. The molecule has 1 aromatic heterocycles. The number of amides is 1. The molecule has 2 heterocycles. The molecule has 1 fully saturated rings. The van der Waals surface area contributed by atoms with Crippen LogP contribution in [0.4, 0.5) is 17.3 Å². The molecular formula is C24H29N7O2. The number of carbonyl (C=O) groups is 1. The van der Waals surface area contributed by atoms with Gasteiger partial charge in [0.1, 0.15) is 23.7 Å². The quantitative estimate of drug-likeness (QED) is 0.530. The first kappa shape index (κ1) is 24.0. The van der Waals surface area contributed by atoms with Crippen LogP contribution in [0.25, 0.3) is 4.85 Å². The highest BCUT2D eigenvalue weighted by Crippen LogP contribution is 2.38. The van der Waals surface area contributed by atoms with Gasteiger partial charge in [-0.2, -0.15) is 5.26 Å². The average molecular weight is 448 g/mol. The van der Waals surface area contributed by atoms with Crippen molar-refractivity contribution in [1.29, 1.82) is 5.26 Å². The Kier molecular flexibility index (Phi) is 8.20. The molecule has 0 saturated carbocycles. The summed E-state index contributed by atoms with van der Waals surface area (Å²) < 4.78 is 0. The lowest BCUT2D eigenvalue weighted by molar-refractivity contribution is -0.118. The molecule has 1 aromatic carbocycles. The van der Waals surface area contributed by atoms with Gasteiger partial charge in [0.2, 0.25) is 11.6 Å². The lowest BCUT2D eigenvalue weighted by Gasteiger charge is -2.27. The van der Waals surface area contributed by atoms with Crippen LogP contribution < -0.4 is 16.0 Å². The van der Waals surface area contributed by atoms with Crippen molar-refractivity contribution in [2.45, 2.75) is 25.8 Å². The van der Waals surface area contributed by atoms with Crippen LogP contribution in [0.3, 0.4) is 0 Å². The standard InChI is InChI=1S/C24H29N7O2/c1-3-18-19(16-25)23(28-20(22(26)33)17-8-5-4-6-9-17)29-24(21(18)27-2)31-11-7-10-30(12-13-31)14-15-32/h4-6,8-9,20,32H,3,7,10-15H2,1H3,(H2,26,33)(H,28,29)/t20-/m1/s1. The van der Waals surface area contributed by atoms with E-state index in [2.05, 4.69) is 26.0 Å². The molecule has 0 bridgehead atoms. The Hall–Kier alpha value is -3.66. The Balaban J connectivity index is 2.06. The SMILES string of the molecule is [C-]#[N+]c1c(N2CCCN(CCO)CC2)nc(N[C@@H](C(N)=O)c2ccccc2)c(C#N)c1CC. The highest BCUT2D eigenvalue weighted by atomic mass is 16.3. The molecule has 0 spiro atoms. The first-order chi connectivity index (χ1) is 16.0. The number of rotatable bonds is 8. The number of carbonyl (C=O) groups excluding carboxylic acids is 1. The Morgan fingerprint density at radius 3 is 2.70 bits per heavy atom. The van der Waals surface area contributed by atoms with Crippen LogP contribution in [0, 0.1) is 17.9 Å². The second kappa shape index (κ2) is 11.3. The van der Waals surface area contributed by atoms with Gasteiger partial charge in [-0.25, -0.2) is 9.83 Å². The molecule has 1 aliphatic rings. The summed E-state index contributed by atoms with van der Waals surface area (Å²) in [5.74, 6) is 0.168. The van der Waals surface area contributed by atoms with Gasteiger partial charge in [0.25, 0.3) is 0 Å². The van der Waals surface area contributed by atoms with Crippen LogP contribution in [0.2, 0.25) is 0 Å². The van der Waals surface area contributed by atoms with Crippen molar-refractivity contribution >= 4 is 23.2 Å². The fourth-order valence-electron chi connectivity index (χ4n) is 4.17. The minimum atomic E-state index is -0.869. The van der Waals surface area contributed by atoms with E-state index in [1.54, 1.807) is 12.1 Å². The molecule has 33 heavy (non-hydrogen) atoms. The van der Waals surface area contributed by atoms with Crippen LogP contribution >= 0.6 is 0 Å². The van der Waals surface area contributed by atoms with Crippen LogP contribution in [0.1, 0.15) is 36.1 Å². The van der Waals surface area contributed by atoms with Crippen molar-refractivity contribution in [2.24, 2.45) is 5.73 Å². The highest BCUT2D eigenvalue weighted by Gasteiger charge is 2.27. The van der Waals surface area contributed by atoms with E-state index in [9.17, 15) is 15.2 Å². The van der Waals surface area contributed by atoms with Crippen molar-refractivity contribution in [2.75, 3.05) is 49.5 Å². The Labute approximate surface area is 194 Å². The van der Waals surface area contributed by atoms with E-state index in [0.29, 0.717) is 48.7 Å². The Bertz CT molecular complexity index is 1060. The highest BCUT2D eigenvalue weighted by molar-refractivity contribution is 5.86. The van der Waals surface area contributed by atoms with Gasteiger partial charge in [0, 0.05) is 26.2 Å². The first-order valence-electron chi connectivity index (χ1n) is 11.1. The Morgan fingerprint density at radius 2 is 2.09 bits per heavy atom. The maximum absolute atomic E-state index is 12.3. The van der Waals surface area contributed by atoms with Gasteiger partial charge >= 0.3 is 0 Å². The number of benzene rings is 1. The fraction of sp³-hybridized carbons (Fsp3) is 0.417. The van der Waals surface area contributed by atoms with Crippen LogP contribution in [0.15, 0.2) is 30.3 Å². The van der Waals surface area contributed by atoms with E-state index in [-0.39, 0.29) is 18.0 Å². The number of primary amides is 1. The zero-order valence-corrected chi connectivity index (χ0v) is 18.8. The van der Waals surface area contributed by atoms with Crippen LogP contribution in [-0.4, -0.2) is 60.2 Å². The number of aliphatic hydroxyl groups excluding tert-OH is 1. The zero-order valence-electron chi connectivity index (χ0n) is 18.8. The maximum atomic E-state index is 12.3. The number of hydrogen-bond acceptors (Lipinski definition) is 7. The summed E-state index contributed by atoms with van der Waals surface area (Å²) in [5.41, 5.74) is 7.58. The van der Waals surface area contributed by atoms with Gasteiger partial charge in [-0.3, -0.25) is 9.69 Å². The van der Waals surface area contributed by atoms with Crippen molar-refractivity contribution in [1.82, 2.24) is 9.88 Å². The lowest BCUT2D eigenvalue weighted by Crippen LogP contribution is -2.33. The van der Waals surface area contributed by atoms with Gasteiger partial charge < -0.3 is 21.1 Å². The second-order valence-electron chi connectivity index (χ2n) is 7.86. The third-order valence-electron chi connectivity index (χ3n) is 5.83. The minimum Gasteiger partial charge on any atom is -0.395 e. The second-order valence-corrected chi connectivity index (χ2v) is 7.86. The van der Waals surface area contributed by atoms with Crippen molar-refractivity contribution in [3.63, 3.8) is 0 Å². The zero-order chi connectivity index (χ0) is 23.8. The maximum Gasteiger partial charge on any atom is 0.244 e. The van der Waals surface area contributed by atoms with Gasteiger partial charge in [-0.15, -0.1) is 0 Å². The number of aliphatic hydroxyl groups is 1. The molecule has 2 aromatic rings. The van der Waals surface area contributed by atoms with E-state index >= 15 is 0 Å². The molecule has 1 amide bonds. The number of aromatic nitrogens is 1. The van der Waals surface area contributed by atoms with Gasteiger partial charge in [0.15, 0.2) is 0 Å². The van der Waals surface area contributed by atoms with E-state index in [0.717, 1.165) is 19.5 Å². The summed E-state index contributed by atoms with van der Waals surface area (Å²) in [6.07, 6.45) is 1.33. The summed E-state index contributed by atoms with van der Waals surface area (Å²) in [5, 5.41) is 22.3. The van der Waals surface area contributed by atoms with Crippen LogP contribution in [0.5, 0.6) is 0 Å². The average Bonchev–Trinajstić information content (AvgIpc) is 3.07. The topological polar surface area (TPSA) is 123 Å². The number of β-amino-alcohol motifs (C(OH)–C–C–N with tert-alkyl or cyclic N) is 1. The summed E-state index contributed by atoms with van der Waals surface area (Å²) in [6, 6.07) is 10.3. The molecular weight excluding hydrogens is 418 g/mol. The largest absolute Gasteiger partial charge is 0.395 e. The fourth-order valence-corrected chi connectivity index (χ4v) is 4.17. The summed E-state index contributed by atoms with van der Waals surface area (Å²) in [6.45, 7) is 13.3. The number of nitriles is 1. The number of nitrogens with one attached hydrogen (secondary N) is 1. The summed E-state index contributed by atoms with van der Waals surface area (Å²) >= 11 is 0. The number of anilines is 2. The van der Waals surface area contributed by atoms with Gasteiger partial charge in [-0.1, -0.05) is 37.3 Å². The molecule has 9 nitrogen and oxygen atoms in total. The van der Waals surface area contributed by atoms with E-state index in [4.69, 9.17) is 17.3 Å². The minimum absolute atomic E-state index is 0.102. The first-order valence-corrected chi connectivity index (χ1v) is 11.1. The molecule has 9 heteroatoms. The van der Waals surface area contributed by atoms with E-state index < -0.39 is 11.9 Å². The molecule has 4 N–H and O–H groups in total. The smallest absolute Gasteiger partial charge is 0.244 e. The molecule has 0 unspecified atom stereocenters. The summed E-state index contributed by atoms with van der Waals surface area (Å²) in [7, 11) is 0. The number of nitrogens with two attached hydrogens (primary N) is 1. The Morgan fingerprint density at radius 1 is 1.33 bits per heavy atom. The molecule has 1 saturated heterocycles. The third kappa shape index (κ3) is 5.40. The van der Waals surface area contributed by atoms with Crippen molar-refractivity contribution in [3.05, 3.63) is 58.4 Å². The third-order valence-corrected chi connectivity index (χ3v) is 5.83.